The number of nitro groups is 1. The third kappa shape index (κ3) is 5.94. The Bertz CT molecular complexity index is 483. The number of nitro benzene ring substituents is 1. The summed E-state index contributed by atoms with van der Waals surface area (Å²) in [4.78, 5) is 21.3. The standard InChI is InChI=1S/C13H17N3O4/c1-10(2)7-8-14-15-13(17)9-20-12-5-3-11(4-6-12)16(18)19/h3-6,8,10H,7,9H2,1-2H3,(H,15,17)/b14-8+. The van der Waals surface area contributed by atoms with E-state index in [2.05, 4.69) is 10.5 Å². The van der Waals surface area contributed by atoms with Crippen LogP contribution in [0.25, 0.3) is 0 Å². The van der Waals surface area contributed by atoms with Gasteiger partial charge in [-0.15, -0.1) is 0 Å². The minimum atomic E-state index is -0.500. The van der Waals surface area contributed by atoms with Gasteiger partial charge in [0.1, 0.15) is 5.75 Å². The van der Waals surface area contributed by atoms with Crippen molar-refractivity contribution in [2.45, 2.75) is 20.3 Å². The Morgan fingerprint density at radius 1 is 1.45 bits per heavy atom. The van der Waals surface area contributed by atoms with E-state index in [0.29, 0.717) is 11.7 Å². The van der Waals surface area contributed by atoms with E-state index in [9.17, 15) is 14.9 Å². The highest BCUT2D eigenvalue weighted by Crippen LogP contribution is 2.16. The molecule has 7 nitrogen and oxygen atoms in total. The zero-order valence-corrected chi connectivity index (χ0v) is 11.4. The van der Waals surface area contributed by atoms with Crippen molar-refractivity contribution in [3.8, 4) is 5.75 Å². The third-order valence-corrected chi connectivity index (χ3v) is 2.27. The number of non-ortho nitro benzene ring substituents is 1. The minimum Gasteiger partial charge on any atom is -0.484 e. The van der Waals surface area contributed by atoms with E-state index in [-0.39, 0.29) is 18.2 Å². The van der Waals surface area contributed by atoms with E-state index in [1.807, 2.05) is 13.8 Å². The summed E-state index contributed by atoms with van der Waals surface area (Å²) in [5.41, 5.74) is 2.31. The molecule has 7 heteroatoms. The molecular formula is C13H17N3O4. The predicted octanol–water partition coefficient (Wildman–Crippen LogP) is 2.12. The van der Waals surface area contributed by atoms with Crippen LogP contribution < -0.4 is 10.2 Å². The summed E-state index contributed by atoms with van der Waals surface area (Å²) in [5, 5.41) is 14.2. The molecule has 1 aromatic rings. The lowest BCUT2D eigenvalue weighted by atomic mass is 10.2. The average Bonchev–Trinajstić information content (AvgIpc) is 2.41. The van der Waals surface area contributed by atoms with Crippen molar-refractivity contribution in [1.82, 2.24) is 5.43 Å². The van der Waals surface area contributed by atoms with Crippen molar-refractivity contribution >= 4 is 17.8 Å². The molecule has 0 aliphatic carbocycles. The number of ether oxygens (including phenoxy) is 1. The van der Waals surface area contributed by atoms with E-state index >= 15 is 0 Å². The van der Waals surface area contributed by atoms with Crippen LogP contribution in [-0.2, 0) is 4.79 Å². The zero-order chi connectivity index (χ0) is 15.0. The fourth-order valence-electron chi connectivity index (χ4n) is 1.23. The van der Waals surface area contributed by atoms with Crippen molar-refractivity contribution in [3.05, 3.63) is 34.4 Å². The van der Waals surface area contributed by atoms with Crippen molar-refractivity contribution in [2.24, 2.45) is 11.0 Å². The molecule has 0 aliphatic rings. The first-order chi connectivity index (χ1) is 9.49. The second-order valence-corrected chi connectivity index (χ2v) is 4.52. The lowest BCUT2D eigenvalue weighted by Crippen LogP contribution is -2.24. The van der Waals surface area contributed by atoms with Gasteiger partial charge in [-0.2, -0.15) is 5.10 Å². The first kappa shape index (κ1) is 15.6. The van der Waals surface area contributed by atoms with Crippen LogP contribution in [0.15, 0.2) is 29.4 Å². The molecule has 108 valence electrons. The number of carbonyl (C=O) groups excluding carboxylic acids is 1. The van der Waals surface area contributed by atoms with Gasteiger partial charge < -0.3 is 4.74 Å². The lowest BCUT2D eigenvalue weighted by Gasteiger charge is -2.04. The van der Waals surface area contributed by atoms with Gasteiger partial charge in [0.15, 0.2) is 6.61 Å². The maximum atomic E-state index is 11.4. The van der Waals surface area contributed by atoms with E-state index in [1.54, 1.807) is 6.21 Å². The number of benzene rings is 1. The fraction of sp³-hybridized carbons (Fsp3) is 0.385. The average molecular weight is 279 g/mol. The smallest absolute Gasteiger partial charge is 0.277 e. The molecule has 0 atom stereocenters. The van der Waals surface area contributed by atoms with Crippen LogP contribution in [-0.4, -0.2) is 23.7 Å². The summed E-state index contributed by atoms with van der Waals surface area (Å²) >= 11 is 0. The van der Waals surface area contributed by atoms with Gasteiger partial charge in [0, 0.05) is 18.3 Å². The highest BCUT2D eigenvalue weighted by atomic mass is 16.6. The number of amides is 1. The van der Waals surface area contributed by atoms with Gasteiger partial charge in [0.2, 0.25) is 0 Å². The van der Waals surface area contributed by atoms with Crippen LogP contribution in [0.3, 0.4) is 0 Å². The Hall–Kier alpha value is -2.44. The summed E-state index contributed by atoms with van der Waals surface area (Å²) < 4.78 is 5.17. The predicted molar refractivity (Wildman–Crippen MR) is 74.7 cm³/mol. The van der Waals surface area contributed by atoms with Crippen LogP contribution >= 0.6 is 0 Å². The normalized spacial score (nSPS) is 10.8. The molecule has 1 rings (SSSR count). The molecule has 0 unspecified atom stereocenters. The number of rotatable bonds is 7. The molecule has 0 bridgehead atoms. The molecule has 0 radical (unpaired) electrons. The minimum absolute atomic E-state index is 0.0277. The number of hydrogen-bond donors (Lipinski definition) is 1. The van der Waals surface area contributed by atoms with Gasteiger partial charge in [-0.05, 0) is 24.5 Å². The summed E-state index contributed by atoms with van der Waals surface area (Å²) in [6.07, 6.45) is 2.41. The van der Waals surface area contributed by atoms with E-state index < -0.39 is 4.92 Å². The summed E-state index contributed by atoms with van der Waals surface area (Å²) in [6.45, 7) is 3.90. The summed E-state index contributed by atoms with van der Waals surface area (Å²) in [6, 6.07) is 5.50. The SMILES string of the molecule is CC(C)C/C=N/NC(=O)COc1ccc([N+](=O)[O-])cc1. The number of nitrogens with zero attached hydrogens (tertiary/aromatic N) is 2. The molecule has 0 fully saturated rings. The molecule has 1 amide bonds. The van der Waals surface area contributed by atoms with Crippen LogP contribution in [0, 0.1) is 16.0 Å². The van der Waals surface area contributed by atoms with Crippen LogP contribution in [0.2, 0.25) is 0 Å². The third-order valence-electron chi connectivity index (χ3n) is 2.27. The molecule has 0 aromatic heterocycles. The van der Waals surface area contributed by atoms with Crippen molar-refractivity contribution < 1.29 is 14.5 Å². The Labute approximate surface area is 116 Å². The number of nitrogens with one attached hydrogen (secondary N) is 1. The number of hydrogen-bond acceptors (Lipinski definition) is 5. The summed E-state index contributed by atoms with van der Waals surface area (Å²) in [5.74, 6) is 0.479. The maximum Gasteiger partial charge on any atom is 0.277 e. The molecule has 20 heavy (non-hydrogen) atoms. The Morgan fingerprint density at radius 2 is 2.10 bits per heavy atom. The number of carbonyl (C=O) groups is 1. The lowest BCUT2D eigenvalue weighted by molar-refractivity contribution is -0.384. The van der Waals surface area contributed by atoms with Gasteiger partial charge in [-0.3, -0.25) is 14.9 Å². The highest BCUT2D eigenvalue weighted by molar-refractivity contribution is 5.78. The highest BCUT2D eigenvalue weighted by Gasteiger charge is 2.05. The Morgan fingerprint density at radius 3 is 2.65 bits per heavy atom. The largest absolute Gasteiger partial charge is 0.484 e. The van der Waals surface area contributed by atoms with Gasteiger partial charge in [-0.25, -0.2) is 5.43 Å². The van der Waals surface area contributed by atoms with Gasteiger partial charge >= 0.3 is 0 Å². The van der Waals surface area contributed by atoms with Crippen LogP contribution in [0.1, 0.15) is 20.3 Å². The monoisotopic (exact) mass is 279 g/mol. The van der Waals surface area contributed by atoms with Crippen molar-refractivity contribution in [2.75, 3.05) is 6.61 Å². The van der Waals surface area contributed by atoms with Crippen molar-refractivity contribution in [1.29, 1.82) is 0 Å². The molecule has 1 N–H and O–H groups in total. The molecule has 0 aliphatic heterocycles. The zero-order valence-electron chi connectivity index (χ0n) is 11.4. The topological polar surface area (TPSA) is 93.8 Å². The summed E-state index contributed by atoms with van der Waals surface area (Å²) in [7, 11) is 0. The van der Waals surface area contributed by atoms with Crippen LogP contribution in [0.4, 0.5) is 5.69 Å². The van der Waals surface area contributed by atoms with Gasteiger partial charge in [0.25, 0.3) is 11.6 Å². The number of hydrazone groups is 1. The fourth-order valence-corrected chi connectivity index (χ4v) is 1.23. The maximum absolute atomic E-state index is 11.4. The van der Waals surface area contributed by atoms with E-state index in [0.717, 1.165) is 6.42 Å². The van der Waals surface area contributed by atoms with E-state index in [4.69, 9.17) is 4.74 Å². The molecule has 0 heterocycles. The van der Waals surface area contributed by atoms with E-state index in [1.165, 1.54) is 24.3 Å². The Balaban J connectivity index is 2.33. The molecular weight excluding hydrogens is 262 g/mol. The molecule has 0 saturated heterocycles. The van der Waals surface area contributed by atoms with Crippen LogP contribution in [0.5, 0.6) is 5.75 Å². The van der Waals surface area contributed by atoms with Gasteiger partial charge in [0.05, 0.1) is 4.92 Å². The molecule has 0 spiro atoms. The first-order valence-electron chi connectivity index (χ1n) is 6.16. The Kier molecular flexibility index (Phi) is 6.15. The quantitative estimate of drug-likeness (QED) is 0.470. The van der Waals surface area contributed by atoms with Crippen molar-refractivity contribution in [3.63, 3.8) is 0 Å². The van der Waals surface area contributed by atoms with Gasteiger partial charge in [-0.1, -0.05) is 13.8 Å². The second-order valence-electron chi connectivity index (χ2n) is 4.52. The molecule has 1 aromatic carbocycles. The molecule has 0 saturated carbocycles. The first-order valence-corrected chi connectivity index (χ1v) is 6.16. The second kappa shape index (κ2) is 7.88.